The highest BCUT2D eigenvalue weighted by molar-refractivity contribution is 5.03. The Balaban J connectivity index is 0.000000158. The van der Waals surface area contributed by atoms with E-state index in [1.165, 1.54) is 199 Å². The lowest BCUT2D eigenvalue weighted by molar-refractivity contribution is -0.0545. The molecule has 0 radical (unpaired) electrons. The van der Waals surface area contributed by atoms with E-state index in [0.29, 0.717) is 16.2 Å². The van der Waals surface area contributed by atoms with Crippen molar-refractivity contribution in [2.45, 2.75) is 526 Å². The average Bonchev–Trinajstić information content (AvgIpc) is 0.753. The minimum Gasteiger partial charge on any atom is -0.0651 e. The Morgan fingerprint density at radius 2 is 0.615 bits per heavy atom. The molecule has 0 nitrogen and oxygen atoms in total. The molecule has 0 aromatic carbocycles. The Morgan fingerprint density at radius 1 is 0.330 bits per heavy atom. The van der Waals surface area contributed by atoms with Crippen molar-refractivity contribution in [2.24, 2.45) is 167 Å². The van der Waals surface area contributed by atoms with Gasteiger partial charge in [-0.15, -0.1) is 0 Å². The molecule has 0 aromatic heterocycles. The predicted octanol–water partition coefficient (Wildman–Crippen LogP) is 36.6. The number of rotatable bonds is 3. The summed E-state index contributed by atoms with van der Waals surface area (Å²) in [5.74, 6) is 20.7. The highest BCUT2D eigenvalue weighted by Crippen LogP contribution is 2.63. The molecule has 3 atom stereocenters. The van der Waals surface area contributed by atoms with E-state index >= 15 is 0 Å². The van der Waals surface area contributed by atoms with E-state index in [-0.39, 0.29) is 5.92 Å². The van der Waals surface area contributed by atoms with Crippen molar-refractivity contribution in [2.75, 3.05) is 0 Å². The molecule has 12 bridgehead atoms. The molecule has 640 valence electrons. The summed E-state index contributed by atoms with van der Waals surface area (Å²) in [6.45, 7) is 49.3. The summed E-state index contributed by atoms with van der Waals surface area (Å²) in [6.07, 6.45) is 83.7. The first-order valence-corrected chi connectivity index (χ1v) is 50.6. The Hall–Kier alpha value is 0. The van der Waals surface area contributed by atoms with Crippen molar-refractivity contribution in [3.8, 4) is 0 Å². The fourth-order valence-electron chi connectivity index (χ4n) is 28.5. The van der Waals surface area contributed by atoms with Crippen LogP contribution in [-0.2, 0) is 0 Å². The van der Waals surface area contributed by atoms with E-state index in [1.807, 2.05) is 13.8 Å². The molecule has 0 aromatic rings. The van der Waals surface area contributed by atoms with Crippen molar-refractivity contribution in [1.29, 1.82) is 0 Å². The normalized spacial score (nSPS) is 40.1. The maximum atomic E-state index is 7.05. The van der Waals surface area contributed by atoms with Gasteiger partial charge in [0.2, 0.25) is 0 Å². The second-order valence-electron chi connectivity index (χ2n) is 50.2. The zero-order valence-corrected chi connectivity index (χ0v) is 78.9. The number of hydrogen-bond acceptors (Lipinski definition) is 0. The fraction of sp³-hybridized carbons (Fsp3) is 1.00. The average molecular weight is 1520 g/mol. The summed E-state index contributed by atoms with van der Waals surface area (Å²) in [7, 11) is 0. The lowest BCUT2D eigenvalue weighted by Gasteiger charge is -2.56. The largest absolute Gasteiger partial charge is 0.0651 e. The molecular formula is C109H204. The van der Waals surface area contributed by atoms with Crippen molar-refractivity contribution in [3.05, 3.63) is 0 Å². The maximum Gasteiger partial charge on any atom is 0.0266 e. The van der Waals surface area contributed by atoms with Gasteiger partial charge in [-0.3, -0.25) is 0 Å². The van der Waals surface area contributed by atoms with Crippen LogP contribution in [0, 0.1) is 167 Å². The van der Waals surface area contributed by atoms with E-state index < -0.39 is 18.6 Å². The summed E-state index contributed by atoms with van der Waals surface area (Å²) < 4.78 is 34.9. The minimum atomic E-state index is -1.81. The van der Waals surface area contributed by atoms with Gasteiger partial charge in [-0.25, -0.2) is 0 Å². The Kier molecular flexibility index (Phi) is 34.1. The van der Waals surface area contributed by atoms with Crippen LogP contribution in [0.25, 0.3) is 0 Å². The van der Waals surface area contributed by atoms with Crippen molar-refractivity contribution in [3.63, 3.8) is 0 Å². The molecule has 0 heteroatoms. The first-order chi connectivity index (χ1) is 53.1. The van der Waals surface area contributed by atoms with Gasteiger partial charge in [0.15, 0.2) is 0 Å². The van der Waals surface area contributed by atoms with Gasteiger partial charge < -0.3 is 0 Å². The van der Waals surface area contributed by atoms with Gasteiger partial charge in [0.1, 0.15) is 0 Å². The van der Waals surface area contributed by atoms with Gasteiger partial charge in [0, 0.05) is 6.85 Å². The molecule has 0 saturated heterocycles. The van der Waals surface area contributed by atoms with Crippen LogP contribution in [0.1, 0.15) is 532 Å². The van der Waals surface area contributed by atoms with Crippen LogP contribution in [0.4, 0.5) is 0 Å². The Bertz CT molecular complexity index is 2490. The molecule has 22 fully saturated rings. The molecule has 3 spiro atoms. The van der Waals surface area contributed by atoms with E-state index in [1.54, 1.807) is 182 Å². The standard InChI is InChI=1S/C14H26.C13H24.C12H20.C12H22.C11H18.2C11H20.C10H18.3C5H12/c1-12-4-6-14(7-5-12)10-8-13(2,3)9-11-14;1-11-7-9-13(10-8-11)12-5-3-2-4-6-12;1-2-12-6-9-3-10(7-12)5-11(4-9)8-12;1-11-5-9-12(10-6-11)7-3-2-4-8-12;1-11-5-8-2-9(6-11)4-10(3-8)7-11;1-8-9-4-6-10(7-5-9)11(8,2)3;1-10-4-8-11(9-5-10)6-2-3-7-11;1-7-8(2)10-5-3-9(7)4-6-10;2*1-5(2,3)4;1-4-5(2)3/h12H,4-11H2,1-3H3;11-13H,2-10H2,1H3;9-11H,2-8H2,1H3;11H,2-10H2,1H3;8-10H,2-7H2,1H3;8-10H,4-7H2,1-3H3;10H,2-9H2,1H3;7-10H,3-6H2,1-2H3;2*1-4H3;5H,4H2,1-3H3/t;;;;;8-,9?,10?;;7-,8?,9?,10?;;;/m.....1.0.../s1/i;;;;;;;;1D3;;4D2. The highest BCUT2D eigenvalue weighted by atomic mass is 14.6. The summed E-state index contributed by atoms with van der Waals surface area (Å²) in [4.78, 5) is 0. The van der Waals surface area contributed by atoms with Gasteiger partial charge in [-0.05, 0) is 398 Å². The monoisotopic (exact) mass is 1520 g/mol. The smallest absolute Gasteiger partial charge is 0.0266 e. The van der Waals surface area contributed by atoms with Crippen LogP contribution in [0.3, 0.4) is 0 Å². The molecular weight excluding hydrogens is 1310 g/mol. The Morgan fingerprint density at radius 3 is 0.899 bits per heavy atom. The van der Waals surface area contributed by atoms with Gasteiger partial charge in [0.25, 0.3) is 0 Å². The molecule has 22 aliphatic carbocycles. The molecule has 109 heavy (non-hydrogen) atoms. The van der Waals surface area contributed by atoms with Crippen molar-refractivity contribution < 1.29 is 6.85 Å². The van der Waals surface area contributed by atoms with E-state index in [0.717, 1.165) is 140 Å². The summed E-state index contributed by atoms with van der Waals surface area (Å²) in [6, 6.07) is 0. The lowest BCUT2D eigenvalue weighted by atomic mass is 9.49. The van der Waals surface area contributed by atoms with E-state index in [9.17, 15) is 0 Å². The van der Waals surface area contributed by atoms with Gasteiger partial charge in [-0.1, -0.05) is 294 Å². The minimum absolute atomic E-state index is 0.132. The summed E-state index contributed by atoms with van der Waals surface area (Å²) >= 11 is 0. The van der Waals surface area contributed by atoms with E-state index in [2.05, 4.69) is 118 Å². The first kappa shape index (κ1) is 86.8. The topological polar surface area (TPSA) is 0 Å². The second-order valence-corrected chi connectivity index (χ2v) is 50.2. The van der Waals surface area contributed by atoms with Crippen LogP contribution >= 0.6 is 0 Å². The van der Waals surface area contributed by atoms with Gasteiger partial charge >= 0.3 is 0 Å². The molecule has 22 saturated carbocycles. The molecule has 0 N–H and O–H groups in total. The third-order valence-electron chi connectivity index (χ3n) is 36.3. The molecule has 0 aliphatic heterocycles. The third-order valence-corrected chi connectivity index (χ3v) is 36.3. The van der Waals surface area contributed by atoms with Crippen molar-refractivity contribution in [1.82, 2.24) is 0 Å². The molecule has 0 amide bonds. The second kappa shape index (κ2) is 42.8. The van der Waals surface area contributed by atoms with Crippen LogP contribution in [0.15, 0.2) is 0 Å². The fourth-order valence-corrected chi connectivity index (χ4v) is 28.5. The van der Waals surface area contributed by atoms with Crippen LogP contribution in [-0.4, -0.2) is 0 Å². The molecule has 22 rings (SSSR count). The van der Waals surface area contributed by atoms with Crippen LogP contribution < -0.4 is 0 Å². The SMILES string of the molecule is CC(C)(C)C.CC12CC3CC(CC(C3)C1)C2.CC1C2CCC(CC2)[C@H]1C.CC1CCC(C2CCCCC2)CC1.CC1CCC2(CC1)CCC(C)(C)CC2.CC1CCC2(CCCC2)CC1.CC1CCC2(CCCCC2)CC1.CCC12CC3CC(CC(C3)C1)C2.C[C@@H]1C2CCC(CC2)C1(C)C.[2H]C([2H])(C)C(C)C.[2H]C([2H])([2H])C(C)(C)C. The van der Waals surface area contributed by atoms with Crippen LogP contribution in [0.5, 0.6) is 0 Å². The van der Waals surface area contributed by atoms with Gasteiger partial charge in [-0.2, -0.15) is 0 Å². The predicted molar refractivity (Wildman–Crippen MR) is 486 cm³/mol. The Labute approximate surface area is 695 Å². The third kappa shape index (κ3) is 31.0. The molecule has 1 unspecified atom stereocenters. The maximum absolute atomic E-state index is 7.05. The number of fused-ring (bicyclic) bond motifs is 6. The molecule has 0 heterocycles. The highest BCUT2D eigenvalue weighted by Gasteiger charge is 2.52. The zero-order valence-electron chi connectivity index (χ0n) is 83.9. The van der Waals surface area contributed by atoms with E-state index in [4.69, 9.17) is 6.85 Å². The lowest BCUT2D eigenvalue weighted by Crippen LogP contribution is -2.45. The molecule has 22 aliphatic rings. The zero-order chi connectivity index (χ0) is 83.9. The van der Waals surface area contributed by atoms with Crippen molar-refractivity contribution >= 4 is 0 Å². The summed E-state index contributed by atoms with van der Waals surface area (Å²) in [5, 5.41) is 0. The van der Waals surface area contributed by atoms with Gasteiger partial charge in [0.05, 0.1) is 0 Å². The number of hydrogen-bond donors (Lipinski definition) is 0. The van der Waals surface area contributed by atoms with Crippen LogP contribution in [0.2, 0.25) is 0 Å². The first-order valence-electron chi connectivity index (χ1n) is 53.1. The summed E-state index contributed by atoms with van der Waals surface area (Å²) in [5.41, 5.74) is 5.37. The quantitative estimate of drug-likeness (QED) is 0.264.